The molecule has 1 aromatic carbocycles. The fourth-order valence-electron chi connectivity index (χ4n) is 5.78. The minimum atomic E-state index is -0.977. The Morgan fingerprint density at radius 2 is 1.83 bits per heavy atom. The monoisotopic (exact) mass is 485 g/mol. The van der Waals surface area contributed by atoms with Gasteiger partial charge in [-0.25, -0.2) is 4.79 Å². The molecule has 1 saturated heterocycles. The number of hydrogen-bond donors (Lipinski definition) is 1. The van der Waals surface area contributed by atoms with Crippen molar-refractivity contribution in [1.29, 1.82) is 0 Å². The van der Waals surface area contributed by atoms with Crippen molar-refractivity contribution in [3.05, 3.63) is 29.8 Å². The van der Waals surface area contributed by atoms with Gasteiger partial charge in [-0.05, 0) is 61.1 Å². The van der Waals surface area contributed by atoms with Gasteiger partial charge < -0.3 is 19.7 Å². The number of methoxy groups -OCH3 is 1. The van der Waals surface area contributed by atoms with Gasteiger partial charge in [0.2, 0.25) is 0 Å². The van der Waals surface area contributed by atoms with Gasteiger partial charge in [-0.2, -0.15) is 0 Å². The van der Waals surface area contributed by atoms with Crippen molar-refractivity contribution in [3.63, 3.8) is 0 Å². The first kappa shape index (κ1) is 25.0. The lowest BCUT2D eigenvalue weighted by Crippen LogP contribution is -2.54. The third-order valence-electron chi connectivity index (χ3n) is 7.09. The van der Waals surface area contributed by atoms with Crippen LogP contribution in [0, 0.1) is 11.3 Å². The van der Waals surface area contributed by atoms with Gasteiger partial charge in [0.15, 0.2) is 6.61 Å². The molecular formula is C26H35N3O6. The second kappa shape index (κ2) is 9.51. The van der Waals surface area contributed by atoms with Crippen LogP contribution in [0.4, 0.5) is 4.79 Å². The van der Waals surface area contributed by atoms with Crippen molar-refractivity contribution in [3.8, 4) is 5.75 Å². The number of rotatable bonds is 8. The predicted molar refractivity (Wildman–Crippen MR) is 127 cm³/mol. The van der Waals surface area contributed by atoms with Gasteiger partial charge in [0, 0.05) is 12.6 Å². The smallest absolute Gasteiger partial charge is 0.326 e. The first-order chi connectivity index (χ1) is 16.5. The molecule has 2 atom stereocenters. The van der Waals surface area contributed by atoms with E-state index in [2.05, 4.69) is 26.1 Å². The Balaban J connectivity index is 1.33. The van der Waals surface area contributed by atoms with E-state index in [1.165, 1.54) is 0 Å². The normalized spacial score (nSPS) is 25.4. The van der Waals surface area contributed by atoms with Crippen molar-refractivity contribution in [2.45, 2.75) is 71.0 Å². The molecule has 9 nitrogen and oxygen atoms in total. The number of imide groups is 1. The zero-order valence-corrected chi connectivity index (χ0v) is 21.0. The van der Waals surface area contributed by atoms with E-state index in [1.54, 1.807) is 12.0 Å². The molecule has 3 aliphatic rings. The van der Waals surface area contributed by atoms with E-state index >= 15 is 0 Å². The molecule has 2 saturated carbocycles. The Kier molecular flexibility index (Phi) is 6.79. The molecule has 1 aromatic rings. The fourth-order valence-corrected chi connectivity index (χ4v) is 5.78. The molecule has 4 rings (SSSR count). The highest BCUT2D eigenvalue weighted by Gasteiger charge is 2.56. The molecule has 1 aliphatic heterocycles. The summed E-state index contributed by atoms with van der Waals surface area (Å²) in [6.45, 7) is 5.73. The number of esters is 1. The molecular weight excluding hydrogens is 450 g/mol. The van der Waals surface area contributed by atoms with Crippen LogP contribution >= 0.6 is 0 Å². The summed E-state index contributed by atoms with van der Waals surface area (Å²) in [6, 6.07) is 7.02. The largest absolute Gasteiger partial charge is 0.497 e. The first-order valence-electron chi connectivity index (χ1n) is 12.2. The molecule has 1 spiro atoms. The van der Waals surface area contributed by atoms with Crippen LogP contribution in [0.25, 0.3) is 0 Å². The van der Waals surface area contributed by atoms with Crippen LogP contribution in [0.5, 0.6) is 5.75 Å². The van der Waals surface area contributed by atoms with E-state index in [0.717, 1.165) is 35.5 Å². The van der Waals surface area contributed by atoms with Crippen molar-refractivity contribution in [2.24, 2.45) is 11.3 Å². The molecule has 9 heteroatoms. The Hall–Kier alpha value is -3.10. The molecule has 0 aromatic heterocycles. The molecule has 1 N–H and O–H groups in total. The Bertz CT molecular complexity index is 1000. The molecule has 2 aliphatic carbocycles. The third kappa shape index (κ3) is 5.60. The average Bonchev–Trinajstić information content (AvgIpc) is 3.60. The second-order valence-electron chi connectivity index (χ2n) is 11.0. The molecule has 1 heterocycles. The fraction of sp³-hybridized carbons (Fsp3) is 0.615. The molecule has 2 unspecified atom stereocenters. The molecule has 190 valence electrons. The lowest BCUT2D eigenvalue weighted by Gasteiger charge is -2.43. The summed E-state index contributed by atoms with van der Waals surface area (Å²) in [5, 5.41) is 2.85. The van der Waals surface area contributed by atoms with E-state index in [0.29, 0.717) is 19.4 Å². The molecule has 3 fully saturated rings. The van der Waals surface area contributed by atoms with Crippen LogP contribution in [0.15, 0.2) is 24.3 Å². The van der Waals surface area contributed by atoms with Crippen molar-refractivity contribution >= 4 is 23.8 Å². The standard InChI is InChI=1S/C26H35N3O6/c1-17-11-25(2,3)16-26(12-17)23(32)29(24(33)27-26)14-22(31)35-15-21(30)28(19-7-8-19)13-18-5-9-20(34-4)10-6-18/h5-6,9-10,17,19H,7-8,11-16H2,1-4H3,(H,27,33). The number of nitrogens with zero attached hydrogens (tertiary/aromatic N) is 2. The highest BCUT2D eigenvalue weighted by molar-refractivity contribution is 6.08. The summed E-state index contributed by atoms with van der Waals surface area (Å²) < 4.78 is 10.4. The highest BCUT2D eigenvalue weighted by Crippen LogP contribution is 2.46. The van der Waals surface area contributed by atoms with Crippen LogP contribution in [0.1, 0.15) is 58.4 Å². The van der Waals surface area contributed by atoms with Gasteiger partial charge in [0.25, 0.3) is 11.8 Å². The number of benzene rings is 1. The Morgan fingerprint density at radius 3 is 2.43 bits per heavy atom. The number of nitrogens with one attached hydrogen (secondary N) is 1. The maximum atomic E-state index is 13.2. The molecule has 4 amide bonds. The summed E-state index contributed by atoms with van der Waals surface area (Å²) in [6.07, 6.45) is 3.87. The molecule has 0 radical (unpaired) electrons. The summed E-state index contributed by atoms with van der Waals surface area (Å²) in [7, 11) is 1.60. The van der Waals surface area contributed by atoms with Crippen LogP contribution in [-0.2, 0) is 25.7 Å². The number of hydrogen-bond acceptors (Lipinski definition) is 6. The van der Waals surface area contributed by atoms with Crippen LogP contribution in [0.3, 0.4) is 0 Å². The van der Waals surface area contributed by atoms with E-state index in [4.69, 9.17) is 9.47 Å². The van der Waals surface area contributed by atoms with Gasteiger partial charge in [-0.3, -0.25) is 19.3 Å². The van der Waals surface area contributed by atoms with Crippen LogP contribution < -0.4 is 10.1 Å². The summed E-state index contributed by atoms with van der Waals surface area (Å²) in [4.78, 5) is 53.8. The van der Waals surface area contributed by atoms with Gasteiger partial charge in [0.05, 0.1) is 7.11 Å². The van der Waals surface area contributed by atoms with Crippen molar-refractivity contribution < 1.29 is 28.7 Å². The Morgan fingerprint density at radius 1 is 1.14 bits per heavy atom. The topological polar surface area (TPSA) is 105 Å². The van der Waals surface area contributed by atoms with Gasteiger partial charge >= 0.3 is 12.0 Å². The van der Waals surface area contributed by atoms with E-state index in [1.807, 2.05) is 24.3 Å². The van der Waals surface area contributed by atoms with Gasteiger partial charge in [-0.1, -0.05) is 32.9 Å². The lowest BCUT2D eigenvalue weighted by molar-refractivity contribution is -0.154. The number of carbonyl (C=O) groups is 4. The summed E-state index contributed by atoms with van der Waals surface area (Å²) in [5.41, 5.74) is -0.124. The van der Waals surface area contributed by atoms with E-state index < -0.39 is 30.7 Å². The zero-order chi connectivity index (χ0) is 25.4. The lowest BCUT2D eigenvalue weighted by atomic mass is 9.64. The minimum absolute atomic E-state index is 0.0975. The maximum Gasteiger partial charge on any atom is 0.326 e. The quantitative estimate of drug-likeness (QED) is 0.448. The average molecular weight is 486 g/mol. The van der Waals surface area contributed by atoms with E-state index in [9.17, 15) is 19.2 Å². The summed E-state index contributed by atoms with van der Waals surface area (Å²) >= 11 is 0. The molecule has 35 heavy (non-hydrogen) atoms. The third-order valence-corrected chi connectivity index (χ3v) is 7.09. The molecule has 0 bridgehead atoms. The summed E-state index contributed by atoms with van der Waals surface area (Å²) in [5.74, 6) is -0.452. The van der Waals surface area contributed by atoms with Crippen LogP contribution in [-0.4, -0.2) is 65.5 Å². The van der Waals surface area contributed by atoms with Crippen molar-refractivity contribution in [2.75, 3.05) is 20.3 Å². The number of carbonyl (C=O) groups excluding carboxylic acids is 4. The zero-order valence-electron chi connectivity index (χ0n) is 21.0. The second-order valence-corrected chi connectivity index (χ2v) is 11.0. The number of amides is 4. The number of ether oxygens (including phenoxy) is 2. The predicted octanol–water partition coefficient (Wildman–Crippen LogP) is 2.87. The first-order valence-corrected chi connectivity index (χ1v) is 12.2. The van der Waals surface area contributed by atoms with Gasteiger partial charge in [0.1, 0.15) is 17.8 Å². The van der Waals surface area contributed by atoms with E-state index in [-0.39, 0.29) is 29.2 Å². The SMILES string of the molecule is COc1ccc(CN(C(=O)COC(=O)CN2C(=O)NC3(CC(C)CC(C)(C)C3)C2=O)C2CC2)cc1. The maximum absolute atomic E-state index is 13.2. The number of urea groups is 1. The minimum Gasteiger partial charge on any atom is -0.497 e. The highest BCUT2D eigenvalue weighted by atomic mass is 16.5. The van der Waals surface area contributed by atoms with Crippen LogP contribution in [0.2, 0.25) is 0 Å². The van der Waals surface area contributed by atoms with Crippen molar-refractivity contribution in [1.82, 2.24) is 15.1 Å². The van der Waals surface area contributed by atoms with Gasteiger partial charge in [-0.15, -0.1) is 0 Å². The Labute approximate surface area is 206 Å².